The SMILES string of the molecule is Cc1ccc(C/C=N/NC(=O)Cn2nc(N3CCN(c4cccc(Cl)c4)CC3)ccc2=O)cc1. The maximum atomic E-state index is 12.3. The molecular weight excluding hydrogens is 452 g/mol. The van der Waals surface area contributed by atoms with Gasteiger partial charge in [-0.3, -0.25) is 9.59 Å². The first-order valence-electron chi connectivity index (χ1n) is 11.2. The molecule has 0 radical (unpaired) electrons. The summed E-state index contributed by atoms with van der Waals surface area (Å²) in [7, 11) is 0. The first-order valence-corrected chi connectivity index (χ1v) is 11.6. The van der Waals surface area contributed by atoms with E-state index in [4.69, 9.17) is 11.6 Å². The number of nitrogens with zero attached hydrogens (tertiary/aromatic N) is 5. The van der Waals surface area contributed by atoms with E-state index in [1.54, 1.807) is 12.3 Å². The molecule has 1 N–H and O–H groups in total. The summed E-state index contributed by atoms with van der Waals surface area (Å²) in [5.41, 5.74) is 5.51. The van der Waals surface area contributed by atoms with Crippen LogP contribution in [0.3, 0.4) is 0 Å². The van der Waals surface area contributed by atoms with Gasteiger partial charge in [-0.1, -0.05) is 47.5 Å². The number of hydrazone groups is 1. The van der Waals surface area contributed by atoms with Crippen LogP contribution >= 0.6 is 11.6 Å². The predicted octanol–water partition coefficient (Wildman–Crippen LogP) is 2.88. The minimum atomic E-state index is -0.405. The fourth-order valence-corrected chi connectivity index (χ4v) is 3.94. The van der Waals surface area contributed by atoms with Crippen LogP contribution in [0.15, 0.2) is 70.6 Å². The van der Waals surface area contributed by atoms with E-state index in [0.29, 0.717) is 17.3 Å². The van der Waals surface area contributed by atoms with Gasteiger partial charge in [0, 0.05) is 55.6 Å². The molecule has 8 nitrogen and oxygen atoms in total. The summed E-state index contributed by atoms with van der Waals surface area (Å²) in [4.78, 5) is 28.9. The minimum Gasteiger partial charge on any atom is -0.368 e. The Morgan fingerprint density at radius 3 is 2.53 bits per heavy atom. The van der Waals surface area contributed by atoms with Crippen molar-refractivity contribution < 1.29 is 4.79 Å². The molecule has 4 rings (SSSR count). The lowest BCUT2D eigenvalue weighted by molar-refractivity contribution is -0.121. The first-order chi connectivity index (χ1) is 16.5. The Kier molecular flexibility index (Phi) is 7.59. The Bertz CT molecular complexity index is 1220. The van der Waals surface area contributed by atoms with Crippen molar-refractivity contribution >= 4 is 35.2 Å². The van der Waals surface area contributed by atoms with Crippen molar-refractivity contribution in [1.82, 2.24) is 15.2 Å². The second-order valence-electron chi connectivity index (χ2n) is 8.18. The normalized spacial score (nSPS) is 13.9. The van der Waals surface area contributed by atoms with E-state index in [1.807, 2.05) is 55.5 Å². The summed E-state index contributed by atoms with van der Waals surface area (Å²) in [6.45, 7) is 4.93. The molecule has 1 aliphatic rings. The van der Waals surface area contributed by atoms with Crippen LogP contribution in [0.1, 0.15) is 11.1 Å². The Labute approximate surface area is 203 Å². The number of hydrogen-bond acceptors (Lipinski definition) is 6. The standard InChI is InChI=1S/C25H27ClN6O2/c1-19-5-7-20(8-6-19)11-12-27-28-24(33)18-32-25(34)10-9-23(29-32)31-15-13-30(14-16-31)22-4-2-3-21(26)17-22/h2-10,12,17H,11,13-16,18H2,1H3,(H,28,33)/b27-12+. The average Bonchev–Trinajstić information content (AvgIpc) is 2.84. The van der Waals surface area contributed by atoms with Gasteiger partial charge in [-0.25, -0.2) is 10.1 Å². The van der Waals surface area contributed by atoms with E-state index >= 15 is 0 Å². The third-order valence-corrected chi connectivity index (χ3v) is 5.89. The van der Waals surface area contributed by atoms with Crippen molar-refractivity contribution in [3.63, 3.8) is 0 Å². The van der Waals surface area contributed by atoms with Gasteiger partial charge >= 0.3 is 0 Å². The highest BCUT2D eigenvalue weighted by Gasteiger charge is 2.19. The van der Waals surface area contributed by atoms with Crippen LogP contribution < -0.4 is 20.8 Å². The Hall–Kier alpha value is -3.65. The Morgan fingerprint density at radius 1 is 1.06 bits per heavy atom. The number of nitrogens with one attached hydrogen (secondary N) is 1. The fourth-order valence-electron chi connectivity index (χ4n) is 3.75. The second kappa shape index (κ2) is 11.0. The summed E-state index contributed by atoms with van der Waals surface area (Å²) in [5, 5.41) is 9.10. The van der Waals surface area contributed by atoms with Crippen molar-refractivity contribution in [2.45, 2.75) is 19.9 Å². The summed E-state index contributed by atoms with van der Waals surface area (Å²) in [5.74, 6) is 0.263. The van der Waals surface area contributed by atoms with Gasteiger partial charge in [-0.05, 0) is 36.8 Å². The summed E-state index contributed by atoms with van der Waals surface area (Å²) < 4.78 is 1.17. The van der Waals surface area contributed by atoms with E-state index in [0.717, 1.165) is 37.4 Å². The average molecular weight is 479 g/mol. The van der Waals surface area contributed by atoms with Gasteiger partial charge in [0.2, 0.25) is 0 Å². The minimum absolute atomic E-state index is 0.197. The van der Waals surface area contributed by atoms with Gasteiger partial charge in [0.05, 0.1) is 0 Å². The maximum Gasteiger partial charge on any atom is 0.267 e. The number of benzene rings is 2. The molecule has 1 aromatic heterocycles. The maximum absolute atomic E-state index is 12.3. The van der Waals surface area contributed by atoms with Crippen LogP contribution in [0.5, 0.6) is 0 Å². The summed E-state index contributed by atoms with van der Waals surface area (Å²) >= 11 is 6.11. The summed E-state index contributed by atoms with van der Waals surface area (Å²) in [6, 6.07) is 19.1. The third-order valence-electron chi connectivity index (χ3n) is 5.65. The zero-order chi connectivity index (χ0) is 23.9. The van der Waals surface area contributed by atoms with Crippen LogP contribution in [0, 0.1) is 6.92 Å². The molecule has 3 aromatic rings. The molecule has 1 fully saturated rings. The molecule has 2 heterocycles. The fraction of sp³-hybridized carbons (Fsp3) is 0.280. The lowest BCUT2D eigenvalue weighted by Crippen LogP contribution is -2.47. The smallest absolute Gasteiger partial charge is 0.267 e. The monoisotopic (exact) mass is 478 g/mol. The van der Waals surface area contributed by atoms with Gasteiger partial charge in [0.15, 0.2) is 0 Å². The molecule has 1 amide bonds. The van der Waals surface area contributed by atoms with E-state index in [2.05, 4.69) is 25.4 Å². The first kappa shape index (κ1) is 23.5. The van der Waals surface area contributed by atoms with Crippen molar-refractivity contribution in [1.29, 1.82) is 0 Å². The molecule has 0 spiro atoms. The third kappa shape index (κ3) is 6.23. The van der Waals surface area contributed by atoms with E-state index in [1.165, 1.54) is 16.3 Å². The van der Waals surface area contributed by atoms with Crippen LogP contribution in [-0.4, -0.2) is 48.1 Å². The lowest BCUT2D eigenvalue weighted by Gasteiger charge is -2.36. The molecule has 1 aliphatic heterocycles. The number of aromatic nitrogens is 2. The molecule has 0 unspecified atom stereocenters. The summed E-state index contributed by atoms with van der Waals surface area (Å²) in [6.07, 6.45) is 2.24. The number of carbonyl (C=O) groups is 1. The zero-order valence-corrected chi connectivity index (χ0v) is 19.8. The molecular formula is C25H27ClN6O2. The van der Waals surface area contributed by atoms with Crippen LogP contribution in [-0.2, 0) is 17.8 Å². The molecule has 0 saturated carbocycles. The highest BCUT2D eigenvalue weighted by molar-refractivity contribution is 6.30. The molecule has 1 saturated heterocycles. The van der Waals surface area contributed by atoms with Gasteiger partial charge < -0.3 is 9.80 Å². The van der Waals surface area contributed by atoms with Crippen molar-refractivity contribution in [3.8, 4) is 0 Å². The van der Waals surface area contributed by atoms with Crippen LogP contribution in [0.2, 0.25) is 5.02 Å². The number of piperazine rings is 1. The highest BCUT2D eigenvalue weighted by Crippen LogP contribution is 2.22. The quantitative estimate of drug-likeness (QED) is 0.417. The molecule has 34 heavy (non-hydrogen) atoms. The van der Waals surface area contributed by atoms with Crippen molar-refractivity contribution in [2.75, 3.05) is 36.0 Å². The number of anilines is 2. The second-order valence-corrected chi connectivity index (χ2v) is 8.61. The number of carbonyl (C=O) groups excluding carboxylic acids is 1. The van der Waals surface area contributed by atoms with Crippen molar-refractivity contribution in [3.05, 3.63) is 87.2 Å². The molecule has 0 bridgehead atoms. The Morgan fingerprint density at radius 2 is 1.79 bits per heavy atom. The number of hydrogen-bond donors (Lipinski definition) is 1. The van der Waals surface area contributed by atoms with Gasteiger partial charge in [0.25, 0.3) is 11.5 Å². The Balaban J connectivity index is 1.31. The van der Waals surface area contributed by atoms with E-state index in [-0.39, 0.29) is 12.1 Å². The number of aryl methyl sites for hydroxylation is 1. The number of amides is 1. The molecule has 0 aliphatic carbocycles. The van der Waals surface area contributed by atoms with Crippen molar-refractivity contribution in [2.24, 2.45) is 5.10 Å². The number of halogens is 1. The van der Waals surface area contributed by atoms with Gasteiger partial charge in [0.1, 0.15) is 12.4 Å². The predicted molar refractivity (Wildman–Crippen MR) is 136 cm³/mol. The van der Waals surface area contributed by atoms with Crippen LogP contribution in [0.4, 0.5) is 11.5 Å². The highest BCUT2D eigenvalue weighted by atomic mass is 35.5. The van der Waals surface area contributed by atoms with E-state index < -0.39 is 5.91 Å². The van der Waals surface area contributed by atoms with Gasteiger partial charge in [-0.15, -0.1) is 0 Å². The lowest BCUT2D eigenvalue weighted by atomic mass is 10.1. The largest absolute Gasteiger partial charge is 0.368 e. The van der Waals surface area contributed by atoms with E-state index in [9.17, 15) is 9.59 Å². The molecule has 0 atom stereocenters. The zero-order valence-electron chi connectivity index (χ0n) is 19.0. The number of rotatable bonds is 7. The topological polar surface area (TPSA) is 82.8 Å². The molecule has 2 aromatic carbocycles. The van der Waals surface area contributed by atoms with Gasteiger partial charge in [-0.2, -0.15) is 10.2 Å². The van der Waals surface area contributed by atoms with Crippen LogP contribution in [0.25, 0.3) is 0 Å². The molecule has 176 valence electrons. The molecule has 9 heteroatoms.